The third kappa shape index (κ3) is 2.59. The van der Waals surface area contributed by atoms with E-state index in [1.165, 1.54) is 5.56 Å². The minimum Gasteiger partial charge on any atom is -0.373 e. The van der Waals surface area contributed by atoms with Crippen molar-refractivity contribution in [3.63, 3.8) is 0 Å². The average Bonchev–Trinajstić information content (AvgIpc) is 2.38. The van der Waals surface area contributed by atoms with Gasteiger partial charge in [-0.1, -0.05) is 19.1 Å². The number of anilines is 3. The van der Waals surface area contributed by atoms with Gasteiger partial charge in [0.1, 0.15) is 18.0 Å². The van der Waals surface area contributed by atoms with Crippen LogP contribution in [0, 0.1) is 6.92 Å². The lowest BCUT2D eigenvalue weighted by molar-refractivity contribution is 1.05. The number of nitrogens with one attached hydrogen (secondary N) is 2. The topological polar surface area (TPSA) is 49.8 Å². The fraction of sp³-hybridized carbons (Fsp3) is 0.286. The molecule has 0 spiro atoms. The third-order valence-electron chi connectivity index (χ3n) is 2.82. The maximum atomic E-state index is 4.32. The zero-order valence-electron chi connectivity index (χ0n) is 11.0. The highest BCUT2D eigenvalue weighted by Gasteiger charge is 2.08. The van der Waals surface area contributed by atoms with Gasteiger partial charge in [0.2, 0.25) is 0 Å². The summed E-state index contributed by atoms with van der Waals surface area (Å²) in [4.78, 5) is 8.55. The van der Waals surface area contributed by atoms with Crippen LogP contribution in [-0.4, -0.2) is 17.0 Å². The number of hydrogen-bond acceptors (Lipinski definition) is 4. The lowest BCUT2D eigenvalue weighted by Gasteiger charge is -2.13. The van der Waals surface area contributed by atoms with Gasteiger partial charge in [-0.2, -0.15) is 0 Å². The normalized spacial score (nSPS) is 10.2. The summed E-state index contributed by atoms with van der Waals surface area (Å²) >= 11 is 0. The van der Waals surface area contributed by atoms with Crippen LogP contribution in [0.4, 0.5) is 17.3 Å². The van der Waals surface area contributed by atoms with E-state index in [0.717, 1.165) is 29.3 Å². The van der Waals surface area contributed by atoms with Crippen LogP contribution in [0.2, 0.25) is 0 Å². The second-order valence-electron chi connectivity index (χ2n) is 4.15. The van der Waals surface area contributed by atoms with Crippen LogP contribution in [0.25, 0.3) is 0 Å². The van der Waals surface area contributed by atoms with Crippen molar-refractivity contribution >= 4 is 17.3 Å². The molecule has 0 aliphatic carbocycles. The lowest BCUT2D eigenvalue weighted by Crippen LogP contribution is -2.04. The van der Waals surface area contributed by atoms with E-state index in [-0.39, 0.29) is 0 Å². The molecular weight excluding hydrogens is 224 g/mol. The molecule has 0 saturated heterocycles. The van der Waals surface area contributed by atoms with Crippen LogP contribution in [0.15, 0.2) is 30.6 Å². The Morgan fingerprint density at radius 1 is 1.17 bits per heavy atom. The van der Waals surface area contributed by atoms with E-state index in [2.05, 4.69) is 46.6 Å². The number of aromatic nitrogens is 2. The quantitative estimate of drug-likeness (QED) is 0.864. The molecule has 1 aromatic heterocycles. The van der Waals surface area contributed by atoms with Crippen molar-refractivity contribution in [2.45, 2.75) is 20.3 Å². The van der Waals surface area contributed by atoms with Crippen molar-refractivity contribution < 1.29 is 0 Å². The maximum absolute atomic E-state index is 4.32. The summed E-state index contributed by atoms with van der Waals surface area (Å²) < 4.78 is 0. The molecule has 0 bridgehead atoms. The minimum absolute atomic E-state index is 0.863. The van der Waals surface area contributed by atoms with Gasteiger partial charge in [0.05, 0.1) is 0 Å². The number of rotatable bonds is 4. The summed E-state index contributed by atoms with van der Waals surface area (Å²) in [6.45, 7) is 4.17. The minimum atomic E-state index is 0.863. The molecule has 0 unspecified atom stereocenters. The van der Waals surface area contributed by atoms with Crippen molar-refractivity contribution in [3.05, 3.63) is 41.7 Å². The summed E-state index contributed by atoms with van der Waals surface area (Å²) in [5, 5.41) is 6.44. The summed E-state index contributed by atoms with van der Waals surface area (Å²) in [6.07, 6.45) is 2.45. The molecule has 0 amide bonds. The first-order valence-electron chi connectivity index (χ1n) is 6.10. The second kappa shape index (κ2) is 5.49. The van der Waals surface area contributed by atoms with Crippen molar-refractivity contribution in [1.82, 2.24) is 9.97 Å². The largest absolute Gasteiger partial charge is 0.373 e. The summed E-state index contributed by atoms with van der Waals surface area (Å²) in [7, 11) is 1.87. The SMILES string of the molecule is CCc1c(NC)ncnc1Nc1cccc(C)c1. The number of hydrogen-bond donors (Lipinski definition) is 2. The van der Waals surface area contributed by atoms with Crippen molar-refractivity contribution in [2.75, 3.05) is 17.7 Å². The highest BCUT2D eigenvalue weighted by Crippen LogP contribution is 2.23. The molecule has 0 aliphatic rings. The van der Waals surface area contributed by atoms with Gasteiger partial charge in [-0.25, -0.2) is 9.97 Å². The highest BCUT2D eigenvalue weighted by molar-refractivity contribution is 5.65. The molecule has 0 fully saturated rings. The van der Waals surface area contributed by atoms with Gasteiger partial charge < -0.3 is 10.6 Å². The van der Waals surface area contributed by atoms with Gasteiger partial charge in [0.15, 0.2) is 0 Å². The van der Waals surface area contributed by atoms with Gasteiger partial charge in [-0.3, -0.25) is 0 Å². The Labute approximate surface area is 107 Å². The Bertz CT molecular complexity index is 537. The van der Waals surface area contributed by atoms with Crippen LogP contribution >= 0.6 is 0 Å². The van der Waals surface area contributed by atoms with Crippen LogP contribution in [0.3, 0.4) is 0 Å². The zero-order valence-corrected chi connectivity index (χ0v) is 11.0. The highest BCUT2D eigenvalue weighted by atomic mass is 15.1. The van der Waals surface area contributed by atoms with E-state index in [1.54, 1.807) is 6.33 Å². The lowest BCUT2D eigenvalue weighted by atomic mass is 10.2. The number of aryl methyl sites for hydroxylation is 1. The molecule has 4 heteroatoms. The van der Waals surface area contributed by atoms with Crippen molar-refractivity contribution in [1.29, 1.82) is 0 Å². The molecule has 1 heterocycles. The smallest absolute Gasteiger partial charge is 0.139 e. The fourth-order valence-corrected chi connectivity index (χ4v) is 1.93. The average molecular weight is 242 g/mol. The van der Waals surface area contributed by atoms with Gasteiger partial charge in [0.25, 0.3) is 0 Å². The Kier molecular flexibility index (Phi) is 3.77. The van der Waals surface area contributed by atoms with Gasteiger partial charge in [0, 0.05) is 18.3 Å². The molecule has 0 atom stereocenters. The Balaban J connectivity index is 2.34. The number of benzene rings is 1. The van der Waals surface area contributed by atoms with Crippen LogP contribution in [-0.2, 0) is 6.42 Å². The summed E-state index contributed by atoms with van der Waals surface area (Å²) in [5.41, 5.74) is 3.37. The summed E-state index contributed by atoms with van der Waals surface area (Å²) in [6, 6.07) is 8.24. The number of nitrogens with zero attached hydrogens (tertiary/aromatic N) is 2. The van der Waals surface area contributed by atoms with Gasteiger partial charge in [-0.05, 0) is 31.0 Å². The molecular formula is C14H18N4. The van der Waals surface area contributed by atoms with E-state index < -0.39 is 0 Å². The predicted molar refractivity (Wildman–Crippen MR) is 75.4 cm³/mol. The van der Waals surface area contributed by atoms with Gasteiger partial charge >= 0.3 is 0 Å². The van der Waals surface area contributed by atoms with Crippen LogP contribution < -0.4 is 10.6 Å². The molecule has 2 aromatic rings. The molecule has 1 aromatic carbocycles. The van der Waals surface area contributed by atoms with Crippen LogP contribution in [0.1, 0.15) is 18.1 Å². The molecule has 94 valence electrons. The van der Waals surface area contributed by atoms with Crippen LogP contribution in [0.5, 0.6) is 0 Å². The van der Waals surface area contributed by atoms with E-state index in [0.29, 0.717) is 0 Å². The zero-order chi connectivity index (χ0) is 13.0. The van der Waals surface area contributed by atoms with E-state index in [9.17, 15) is 0 Å². The van der Waals surface area contributed by atoms with E-state index in [4.69, 9.17) is 0 Å². The predicted octanol–water partition coefficient (Wildman–Crippen LogP) is 3.13. The Morgan fingerprint density at radius 2 is 1.94 bits per heavy atom. The molecule has 0 radical (unpaired) electrons. The molecule has 2 rings (SSSR count). The standard InChI is InChI=1S/C14H18N4/c1-4-12-13(15-3)16-9-17-14(12)18-11-7-5-6-10(2)8-11/h5-9H,4H2,1-3H3,(H2,15,16,17,18). The third-order valence-corrected chi connectivity index (χ3v) is 2.82. The molecule has 0 saturated carbocycles. The first kappa shape index (κ1) is 12.4. The van der Waals surface area contributed by atoms with E-state index >= 15 is 0 Å². The van der Waals surface area contributed by atoms with Crippen molar-refractivity contribution in [2.24, 2.45) is 0 Å². The summed E-state index contributed by atoms with van der Waals surface area (Å²) in [5.74, 6) is 1.74. The fourth-order valence-electron chi connectivity index (χ4n) is 1.93. The van der Waals surface area contributed by atoms with Crippen molar-refractivity contribution in [3.8, 4) is 0 Å². The van der Waals surface area contributed by atoms with Gasteiger partial charge in [-0.15, -0.1) is 0 Å². The molecule has 0 aliphatic heterocycles. The Hall–Kier alpha value is -2.10. The maximum Gasteiger partial charge on any atom is 0.139 e. The molecule has 2 N–H and O–H groups in total. The monoisotopic (exact) mass is 242 g/mol. The first-order chi connectivity index (χ1) is 8.74. The first-order valence-corrected chi connectivity index (χ1v) is 6.10. The second-order valence-corrected chi connectivity index (χ2v) is 4.15. The van der Waals surface area contributed by atoms with E-state index in [1.807, 2.05) is 19.2 Å². The molecule has 18 heavy (non-hydrogen) atoms. The molecule has 4 nitrogen and oxygen atoms in total. The Morgan fingerprint density at radius 3 is 2.61 bits per heavy atom.